The number of aromatic nitrogens is 3. The van der Waals surface area contributed by atoms with Gasteiger partial charge in [0.15, 0.2) is 12.2 Å². The molecule has 2 heterocycles. The minimum Gasteiger partial charge on any atom is -0.444 e. The smallest absolute Gasteiger partial charge is 0.248 e. The summed E-state index contributed by atoms with van der Waals surface area (Å²) in [5.41, 5.74) is 1.56. The number of hydrogen-bond acceptors (Lipinski definition) is 6. The highest BCUT2D eigenvalue weighted by Crippen LogP contribution is 2.34. The second-order valence-electron chi connectivity index (χ2n) is 8.03. The van der Waals surface area contributed by atoms with Gasteiger partial charge in [0, 0.05) is 41.9 Å². The summed E-state index contributed by atoms with van der Waals surface area (Å²) in [4.78, 5) is 31.6. The third-order valence-electron chi connectivity index (χ3n) is 5.74. The van der Waals surface area contributed by atoms with Crippen molar-refractivity contribution in [3.63, 3.8) is 0 Å². The van der Waals surface area contributed by atoms with E-state index in [4.69, 9.17) is 16.0 Å². The number of nitrogens with zero attached hydrogens (tertiary/aromatic N) is 4. The highest BCUT2D eigenvalue weighted by Gasteiger charge is 2.38. The van der Waals surface area contributed by atoms with E-state index < -0.39 is 29.8 Å². The summed E-state index contributed by atoms with van der Waals surface area (Å²) in [6.45, 7) is 0. The van der Waals surface area contributed by atoms with E-state index in [1.54, 1.807) is 36.5 Å². The molecule has 1 unspecified atom stereocenters. The van der Waals surface area contributed by atoms with E-state index in [9.17, 15) is 18.4 Å². The molecule has 34 heavy (non-hydrogen) atoms. The van der Waals surface area contributed by atoms with Crippen LogP contribution in [0.2, 0.25) is 0 Å². The van der Waals surface area contributed by atoms with E-state index in [0.29, 0.717) is 17.0 Å². The van der Waals surface area contributed by atoms with Crippen molar-refractivity contribution < 1.29 is 22.8 Å². The lowest BCUT2D eigenvalue weighted by atomic mass is 9.92. The van der Waals surface area contributed by atoms with Gasteiger partial charge < -0.3 is 9.73 Å². The molecule has 0 bridgehead atoms. The first-order valence-electron chi connectivity index (χ1n) is 10.7. The molecule has 1 saturated carbocycles. The second kappa shape index (κ2) is 10.3. The average molecular weight is 490 g/mol. The Hall–Kier alpha value is -3.40. The molecule has 178 valence electrons. The van der Waals surface area contributed by atoms with Crippen LogP contribution in [0, 0.1) is 0 Å². The Morgan fingerprint density at radius 2 is 1.88 bits per heavy atom. The SMILES string of the molecule is O=C(NC1CCC(F)(F)CC1)C(c1ccnnc1)N(C(=O)CCl)c1ccc(-c2cnco2)cc1. The van der Waals surface area contributed by atoms with Crippen molar-refractivity contribution in [3.8, 4) is 11.3 Å². The predicted octanol–water partition coefficient (Wildman–Crippen LogP) is 4.14. The van der Waals surface area contributed by atoms with Gasteiger partial charge in [0.25, 0.3) is 0 Å². The Morgan fingerprint density at radius 1 is 1.15 bits per heavy atom. The fraction of sp³-hybridized carbons (Fsp3) is 0.348. The van der Waals surface area contributed by atoms with Crippen LogP contribution in [-0.4, -0.2) is 44.8 Å². The Kier molecular flexibility index (Phi) is 7.16. The zero-order chi connectivity index (χ0) is 24.1. The zero-order valence-electron chi connectivity index (χ0n) is 18.0. The molecule has 2 amide bonds. The van der Waals surface area contributed by atoms with Crippen LogP contribution in [0.15, 0.2) is 59.7 Å². The predicted molar refractivity (Wildman–Crippen MR) is 120 cm³/mol. The van der Waals surface area contributed by atoms with Gasteiger partial charge in [0.1, 0.15) is 11.9 Å². The summed E-state index contributed by atoms with van der Waals surface area (Å²) in [5, 5.41) is 10.4. The van der Waals surface area contributed by atoms with E-state index >= 15 is 0 Å². The van der Waals surface area contributed by atoms with Crippen molar-refractivity contribution in [2.75, 3.05) is 10.8 Å². The maximum Gasteiger partial charge on any atom is 0.248 e. The normalized spacial score (nSPS) is 16.6. The quantitative estimate of drug-likeness (QED) is 0.500. The summed E-state index contributed by atoms with van der Waals surface area (Å²) in [6.07, 6.45) is 5.36. The van der Waals surface area contributed by atoms with E-state index in [-0.39, 0.29) is 31.6 Å². The number of amides is 2. The van der Waals surface area contributed by atoms with Gasteiger partial charge in [-0.2, -0.15) is 10.2 Å². The van der Waals surface area contributed by atoms with Crippen LogP contribution in [0.5, 0.6) is 0 Å². The molecule has 1 N–H and O–H groups in total. The van der Waals surface area contributed by atoms with Gasteiger partial charge in [0.2, 0.25) is 17.7 Å². The topological polar surface area (TPSA) is 101 Å². The lowest BCUT2D eigenvalue weighted by Crippen LogP contribution is -2.48. The highest BCUT2D eigenvalue weighted by molar-refractivity contribution is 6.29. The van der Waals surface area contributed by atoms with Crippen LogP contribution < -0.4 is 10.2 Å². The number of hydrogen-bond donors (Lipinski definition) is 1. The number of halogens is 3. The summed E-state index contributed by atoms with van der Waals surface area (Å²) in [6, 6.07) is 6.81. The molecule has 1 aliphatic rings. The Morgan fingerprint density at radius 3 is 2.47 bits per heavy atom. The van der Waals surface area contributed by atoms with Crippen molar-refractivity contribution in [2.45, 2.75) is 43.7 Å². The number of rotatable bonds is 7. The fourth-order valence-corrected chi connectivity index (χ4v) is 4.12. The zero-order valence-corrected chi connectivity index (χ0v) is 18.8. The van der Waals surface area contributed by atoms with Gasteiger partial charge in [-0.15, -0.1) is 11.6 Å². The van der Waals surface area contributed by atoms with Gasteiger partial charge in [-0.05, 0) is 43.2 Å². The summed E-state index contributed by atoms with van der Waals surface area (Å²) in [5.74, 6) is -3.57. The van der Waals surface area contributed by atoms with Gasteiger partial charge in [0.05, 0.1) is 12.4 Å². The third-order valence-corrected chi connectivity index (χ3v) is 5.97. The number of nitrogens with one attached hydrogen (secondary N) is 1. The average Bonchev–Trinajstić information content (AvgIpc) is 3.39. The van der Waals surface area contributed by atoms with Crippen LogP contribution in [0.4, 0.5) is 14.5 Å². The monoisotopic (exact) mass is 489 g/mol. The molecular weight excluding hydrogens is 468 g/mol. The molecule has 0 aliphatic heterocycles. The lowest BCUT2D eigenvalue weighted by Gasteiger charge is -2.34. The summed E-state index contributed by atoms with van der Waals surface area (Å²) in [7, 11) is 0. The first-order chi connectivity index (χ1) is 16.4. The summed E-state index contributed by atoms with van der Waals surface area (Å²) >= 11 is 5.91. The van der Waals surface area contributed by atoms with Gasteiger partial charge >= 0.3 is 0 Å². The first kappa shape index (κ1) is 23.7. The molecule has 1 atom stereocenters. The number of benzene rings is 1. The number of carbonyl (C=O) groups is 2. The minimum atomic E-state index is -2.72. The Balaban J connectivity index is 1.65. The largest absolute Gasteiger partial charge is 0.444 e. The van der Waals surface area contributed by atoms with Crippen LogP contribution in [0.25, 0.3) is 11.3 Å². The van der Waals surface area contributed by atoms with Crippen LogP contribution in [-0.2, 0) is 9.59 Å². The van der Waals surface area contributed by atoms with Gasteiger partial charge in [-0.25, -0.2) is 13.8 Å². The molecule has 1 aliphatic carbocycles. The maximum absolute atomic E-state index is 13.6. The number of carbonyl (C=O) groups excluding carboxylic acids is 2. The lowest BCUT2D eigenvalue weighted by molar-refractivity contribution is -0.127. The van der Waals surface area contributed by atoms with Gasteiger partial charge in [-0.1, -0.05) is 0 Å². The molecule has 0 spiro atoms. The standard InChI is InChI=1S/C23H22ClF2N5O3/c24-11-20(32)31(18-3-1-15(2-4-18)19-13-27-14-34-19)21(16-7-10-28-29-12-16)22(33)30-17-5-8-23(25,26)9-6-17/h1-4,7,10,12-14,17,21H,5-6,8-9,11H2,(H,30,33). The Bertz CT molecular complexity index is 1100. The van der Waals surface area contributed by atoms with Crippen LogP contribution >= 0.6 is 11.6 Å². The Labute approximate surface area is 199 Å². The van der Waals surface area contributed by atoms with Crippen molar-refractivity contribution in [1.82, 2.24) is 20.5 Å². The minimum absolute atomic E-state index is 0.148. The molecule has 0 saturated heterocycles. The molecular formula is C23H22ClF2N5O3. The van der Waals surface area contributed by atoms with Crippen molar-refractivity contribution in [3.05, 3.63) is 60.9 Å². The van der Waals surface area contributed by atoms with Crippen LogP contribution in [0.3, 0.4) is 0 Å². The number of alkyl halides is 3. The van der Waals surface area contributed by atoms with Crippen molar-refractivity contribution in [2.24, 2.45) is 0 Å². The van der Waals surface area contributed by atoms with Crippen molar-refractivity contribution in [1.29, 1.82) is 0 Å². The molecule has 1 fully saturated rings. The molecule has 4 rings (SSSR count). The van der Waals surface area contributed by atoms with E-state index in [1.807, 2.05) is 0 Å². The molecule has 11 heteroatoms. The second-order valence-corrected chi connectivity index (χ2v) is 8.29. The molecule has 2 aromatic heterocycles. The van der Waals surface area contributed by atoms with Crippen LogP contribution in [0.1, 0.15) is 37.3 Å². The first-order valence-corrected chi connectivity index (χ1v) is 11.2. The number of oxazole rings is 1. The highest BCUT2D eigenvalue weighted by atomic mass is 35.5. The van der Waals surface area contributed by atoms with Gasteiger partial charge in [-0.3, -0.25) is 14.5 Å². The third kappa shape index (κ3) is 5.39. The van der Waals surface area contributed by atoms with E-state index in [1.165, 1.54) is 23.7 Å². The molecule has 0 radical (unpaired) electrons. The fourth-order valence-electron chi connectivity index (χ4n) is 3.99. The maximum atomic E-state index is 13.6. The molecule has 1 aromatic carbocycles. The van der Waals surface area contributed by atoms with Crippen molar-refractivity contribution >= 4 is 29.1 Å². The molecule has 8 nitrogen and oxygen atoms in total. The van der Waals surface area contributed by atoms with E-state index in [0.717, 1.165) is 5.56 Å². The summed E-state index contributed by atoms with van der Waals surface area (Å²) < 4.78 is 32.4. The molecule has 3 aromatic rings. The van der Waals surface area contributed by atoms with E-state index in [2.05, 4.69) is 20.5 Å². The number of anilines is 1.